The molecule has 0 saturated carbocycles. The summed E-state index contributed by atoms with van der Waals surface area (Å²) in [4.78, 5) is 0. The fourth-order valence-corrected chi connectivity index (χ4v) is 2.80. The van der Waals surface area contributed by atoms with E-state index in [4.69, 9.17) is 6.42 Å². The third-order valence-corrected chi connectivity index (χ3v) is 3.80. The second kappa shape index (κ2) is 4.35. The van der Waals surface area contributed by atoms with E-state index >= 15 is 0 Å². The summed E-state index contributed by atoms with van der Waals surface area (Å²) < 4.78 is 0. The summed E-state index contributed by atoms with van der Waals surface area (Å²) in [5.41, 5.74) is 6.75. The van der Waals surface area contributed by atoms with E-state index in [1.807, 2.05) is 0 Å². The molecular weight excluding hydrogens is 216 g/mol. The monoisotopic (exact) mass is 231 g/mol. The molecule has 1 radical (unpaired) electrons. The van der Waals surface area contributed by atoms with E-state index in [2.05, 4.69) is 55.3 Å². The lowest BCUT2D eigenvalue weighted by atomic mass is 9.94. The standard InChI is InChI=1S/C18H15/c1-3-13(4-2)14-9-10-18-16(11-14)12-15-7-5-6-8-17(15)18/h5-11,13H,3,12H2,1H3. The smallest absolute Gasteiger partial charge is 0.0460 e. The van der Waals surface area contributed by atoms with E-state index in [1.54, 1.807) is 0 Å². The summed E-state index contributed by atoms with van der Waals surface area (Å²) in [6.45, 7) is 2.11. The average Bonchev–Trinajstić information content (AvgIpc) is 2.78. The lowest BCUT2D eigenvalue weighted by molar-refractivity contribution is 0.828. The molecule has 0 N–H and O–H groups in total. The van der Waals surface area contributed by atoms with Gasteiger partial charge in [-0.05, 0) is 47.1 Å². The molecule has 0 amide bonds. The van der Waals surface area contributed by atoms with Crippen molar-refractivity contribution >= 4 is 0 Å². The lowest BCUT2D eigenvalue weighted by Crippen LogP contribution is -1.94. The minimum Gasteiger partial charge on any atom is -0.0809 e. The third-order valence-electron chi connectivity index (χ3n) is 3.80. The molecule has 18 heavy (non-hydrogen) atoms. The van der Waals surface area contributed by atoms with Gasteiger partial charge in [-0.1, -0.05) is 55.3 Å². The highest BCUT2D eigenvalue weighted by Gasteiger charge is 2.18. The van der Waals surface area contributed by atoms with Gasteiger partial charge in [-0.25, -0.2) is 0 Å². The van der Waals surface area contributed by atoms with Crippen LogP contribution in [0.5, 0.6) is 0 Å². The van der Waals surface area contributed by atoms with Crippen molar-refractivity contribution in [3.63, 3.8) is 0 Å². The maximum Gasteiger partial charge on any atom is 0.0460 e. The first-order valence-electron chi connectivity index (χ1n) is 6.47. The molecule has 0 heterocycles. The largest absolute Gasteiger partial charge is 0.0809 e. The van der Waals surface area contributed by atoms with Crippen LogP contribution in [0.3, 0.4) is 0 Å². The predicted molar refractivity (Wildman–Crippen MR) is 74.8 cm³/mol. The second-order valence-electron chi connectivity index (χ2n) is 4.86. The molecule has 0 saturated heterocycles. The molecule has 87 valence electrons. The summed E-state index contributed by atoms with van der Waals surface area (Å²) in [5, 5.41) is 0. The molecule has 0 bridgehead atoms. The number of rotatable bonds is 2. The fraction of sp³-hybridized carbons (Fsp3) is 0.222. The highest BCUT2D eigenvalue weighted by molar-refractivity contribution is 5.77. The summed E-state index contributed by atoms with van der Waals surface area (Å²) in [6, 6.07) is 15.2. The zero-order chi connectivity index (χ0) is 12.5. The van der Waals surface area contributed by atoms with Crippen LogP contribution in [0.2, 0.25) is 0 Å². The van der Waals surface area contributed by atoms with Crippen molar-refractivity contribution in [1.29, 1.82) is 0 Å². The molecule has 2 aromatic carbocycles. The molecule has 0 fully saturated rings. The van der Waals surface area contributed by atoms with Gasteiger partial charge in [0.25, 0.3) is 0 Å². The second-order valence-corrected chi connectivity index (χ2v) is 4.86. The molecule has 0 aliphatic heterocycles. The molecule has 0 heteroatoms. The summed E-state index contributed by atoms with van der Waals surface area (Å²) in [6.07, 6.45) is 9.33. The average molecular weight is 231 g/mol. The SMILES string of the molecule is [C]#CC(CC)c1ccc2c(c1)Cc1ccccc1-2. The molecule has 1 atom stereocenters. The quantitative estimate of drug-likeness (QED) is 0.575. The Balaban J connectivity index is 2.06. The Labute approximate surface area is 109 Å². The van der Waals surface area contributed by atoms with E-state index < -0.39 is 0 Å². The Hall–Kier alpha value is -2.00. The van der Waals surface area contributed by atoms with Gasteiger partial charge in [-0.15, -0.1) is 0 Å². The normalized spacial score (nSPS) is 13.6. The highest BCUT2D eigenvalue weighted by Crippen LogP contribution is 2.37. The molecule has 3 rings (SSSR count). The minimum absolute atomic E-state index is 0.138. The van der Waals surface area contributed by atoms with Gasteiger partial charge in [-0.2, -0.15) is 0 Å². The van der Waals surface area contributed by atoms with Gasteiger partial charge in [0.05, 0.1) is 0 Å². The van der Waals surface area contributed by atoms with E-state index in [9.17, 15) is 0 Å². The van der Waals surface area contributed by atoms with Gasteiger partial charge >= 0.3 is 0 Å². The maximum atomic E-state index is 7.37. The van der Waals surface area contributed by atoms with Crippen molar-refractivity contribution < 1.29 is 0 Å². The Morgan fingerprint density at radius 3 is 2.67 bits per heavy atom. The summed E-state index contributed by atoms with van der Waals surface area (Å²) >= 11 is 0. The van der Waals surface area contributed by atoms with Crippen LogP contribution in [-0.2, 0) is 6.42 Å². The molecule has 2 aromatic rings. The minimum atomic E-state index is 0.138. The van der Waals surface area contributed by atoms with Gasteiger partial charge in [0.1, 0.15) is 0 Å². The molecule has 0 spiro atoms. The molecule has 0 aromatic heterocycles. The molecular formula is C18H15. The van der Waals surface area contributed by atoms with E-state index in [0.717, 1.165) is 12.8 Å². The Bertz CT molecular complexity index is 629. The van der Waals surface area contributed by atoms with Crippen LogP contribution in [0, 0.1) is 12.3 Å². The van der Waals surface area contributed by atoms with Gasteiger partial charge in [0, 0.05) is 5.92 Å². The molecule has 1 unspecified atom stereocenters. The number of hydrogen-bond donors (Lipinski definition) is 0. The van der Waals surface area contributed by atoms with Crippen molar-refractivity contribution in [3.05, 3.63) is 65.6 Å². The van der Waals surface area contributed by atoms with E-state index in [1.165, 1.54) is 27.8 Å². The molecule has 1 aliphatic rings. The molecule has 0 nitrogen and oxygen atoms in total. The number of fused-ring (bicyclic) bond motifs is 3. The van der Waals surface area contributed by atoms with Crippen LogP contribution < -0.4 is 0 Å². The van der Waals surface area contributed by atoms with Gasteiger partial charge in [-0.3, -0.25) is 0 Å². The van der Waals surface area contributed by atoms with Crippen molar-refractivity contribution in [2.75, 3.05) is 0 Å². The first-order valence-corrected chi connectivity index (χ1v) is 6.47. The van der Waals surface area contributed by atoms with E-state index in [0.29, 0.717) is 0 Å². The van der Waals surface area contributed by atoms with E-state index in [-0.39, 0.29) is 5.92 Å². The topological polar surface area (TPSA) is 0 Å². The highest BCUT2D eigenvalue weighted by atomic mass is 14.2. The first-order chi connectivity index (χ1) is 8.83. The predicted octanol–water partition coefficient (Wildman–Crippen LogP) is 4.34. The Morgan fingerprint density at radius 1 is 1.11 bits per heavy atom. The van der Waals surface area contributed by atoms with Crippen molar-refractivity contribution in [3.8, 4) is 17.0 Å². The number of benzene rings is 2. The summed E-state index contributed by atoms with van der Waals surface area (Å²) in [7, 11) is 0. The van der Waals surface area contributed by atoms with Crippen molar-refractivity contribution in [2.45, 2.75) is 25.7 Å². The first kappa shape index (κ1) is 11.1. The fourth-order valence-electron chi connectivity index (χ4n) is 2.80. The maximum absolute atomic E-state index is 7.37. The van der Waals surface area contributed by atoms with Crippen molar-refractivity contribution in [1.82, 2.24) is 0 Å². The summed E-state index contributed by atoms with van der Waals surface area (Å²) in [5.74, 6) is 2.77. The van der Waals surface area contributed by atoms with Crippen LogP contribution >= 0.6 is 0 Å². The Morgan fingerprint density at radius 2 is 1.89 bits per heavy atom. The van der Waals surface area contributed by atoms with Crippen LogP contribution in [0.25, 0.3) is 11.1 Å². The number of hydrogen-bond acceptors (Lipinski definition) is 0. The zero-order valence-corrected chi connectivity index (χ0v) is 10.5. The van der Waals surface area contributed by atoms with Gasteiger partial charge in [0.15, 0.2) is 0 Å². The van der Waals surface area contributed by atoms with Crippen LogP contribution in [0.15, 0.2) is 42.5 Å². The Kier molecular flexibility index (Phi) is 2.68. The van der Waals surface area contributed by atoms with Gasteiger partial charge < -0.3 is 0 Å². The third kappa shape index (κ3) is 1.64. The lowest BCUT2D eigenvalue weighted by Gasteiger charge is -2.10. The van der Waals surface area contributed by atoms with Crippen molar-refractivity contribution in [2.24, 2.45) is 0 Å². The van der Waals surface area contributed by atoms with Gasteiger partial charge in [0.2, 0.25) is 0 Å². The zero-order valence-electron chi connectivity index (χ0n) is 10.5. The van der Waals surface area contributed by atoms with Crippen LogP contribution in [0.1, 0.15) is 36.0 Å². The van der Waals surface area contributed by atoms with Crippen LogP contribution in [0.4, 0.5) is 0 Å². The molecule has 1 aliphatic carbocycles. The van der Waals surface area contributed by atoms with Crippen LogP contribution in [-0.4, -0.2) is 0 Å².